The maximum absolute atomic E-state index is 9.37. The summed E-state index contributed by atoms with van der Waals surface area (Å²) in [5, 5.41) is 9.37. The first-order chi connectivity index (χ1) is 9.62. The molecule has 0 aliphatic rings. The second kappa shape index (κ2) is 8.64. The van der Waals surface area contributed by atoms with Crippen LogP contribution in [0.15, 0.2) is 18.2 Å². The van der Waals surface area contributed by atoms with Crippen molar-refractivity contribution in [3.63, 3.8) is 0 Å². The summed E-state index contributed by atoms with van der Waals surface area (Å²) < 4.78 is 10.9. The molecule has 3 nitrogen and oxygen atoms in total. The lowest BCUT2D eigenvalue weighted by Gasteiger charge is -2.13. The van der Waals surface area contributed by atoms with E-state index in [9.17, 15) is 5.11 Å². The number of ether oxygens (including phenoxy) is 2. The van der Waals surface area contributed by atoms with Crippen LogP contribution in [0, 0.1) is 0 Å². The van der Waals surface area contributed by atoms with E-state index in [2.05, 4.69) is 19.1 Å². The van der Waals surface area contributed by atoms with Crippen molar-refractivity contribution in [2.24, 2.45) is 0 Å². The molecule has 0 heterocycles. The summed E-state index contributed by atoms with van der Waals surface area (Å²) in [4.78, 5) is 0. The largest absolute Gasteiger partial charge is 0.496 e. The highest BCUT2D eigenvalue weighted by molar-refractivity contribution is 5.65. The Kier molecular flexibility index (Phi) is 7.16. The second-order valence-corrected chi connectivity index (χ2v) is 4.97. The van der Waals surface area contributed by atoms with Crippen molar-refractivity contribution in [1.29, 1.82) is 0 Å². The molecule has 1 aromatic rings. The highest BCUT2D eigenvalue weighted by Crippen LogP contribution is 2.32. The molecule has 0 aliphatic carbocycles. The van der Waals surface area contributed by atoms with Gasteiger partial charge in [-0.25, -0.2) is 0 Å². The van der Waals surface area contributed by atoms with Crippen molar-refractivity contribution in [2.45, 2.75) is 45.6 Å². The molecule has 3 heteroatoms. The lowest BCUT2D eigenvalue weighted by Crippen LogP contribution is -1.97. The van der Waals surface area contributed by atoms with Gasteiger partial charge in [0.15, 0.2) is 0 Å². The number of aliphatic hydroxyl groups is 1. The summed E-state index contributed by atoms with van der Waals surface area (Å²) >= 11 is 0. The number of hydrogen-bond donors (Lipinski definition) is 1. The average Bonchev–Trinajstić information content (AvgIpc) is 2.44. The van der Waals surface area contributed by atoms with Gasteiger partial charge in [0.25, 0.3) is 0 Å². The number of aryl methyl sites for hydroxylation is 1. The standard InChI is InChI=1S/C17H26O3/c1-5-6-7-8-14-11-16(19-3)15(10-9-13(2)18)17(12-14)20-4/h9-13,18H,5-8H2,1-4H3/b10-9+/t13-/m0/s1. The van der Waals surface area contributed by atoms with Crippen LogP contribution in [0.25, 0.3) is 6.08 Å². The molecule has 0 aromatic heterocycles. The molecule has 0 fully saturated rings. The van der Waals surface area contributed by atoms with Crippen molar-refractivity contribution in [3.05, 3.63) is 29.3 Å². The normalized spacial score (nSPS) is 12.7. The molecule has 0 radical (unpaired) electrons. The minimum Gasteiger partial charge on any atom is -0.496 e. The van der Waals surface area contributed by atoms with E-state index in [1.165, 1.54) is 24.8 Å². The molecule has 1 rings (SSSR count). The van der Waals surface area contributed by atoms with Crippen molar-refractivity contribution in [2.75, 3.05) is 14.2 Å². The van der Waals surface area contributed by atoms with Gasteiger partial charge in [-0.05, 0) is 43.5 Å². The molecule has 0 amide bonds. The Morgan fingerprint density at radius 2 is 1.75 bits per heavy atom. The molecule has 0 bridgehead atoms. The van der Waals surface area contributed by atoms with Gasteiger partial charge in [-0.3, -0.25) is 0 Å². The number of hydrogen-bond acceptors (Lipinski definition) is 3. The van der Waals surface area contributed by atoms with Gasteiger partial charge < -0.3 is 14.6 Å². The van der Waals surface area contributed by atoms with E-state index in [1.54, 1.807) is 27.2 Å². The van der Waals surface area contributed by atoms with Crippen LogP contribution in [-0.2, 0) is 6.42 Å². The van der Waals surface area contributed by atoms with Gasteiger partial charge in [0.2, 0.25) is 0 Å². The van der Waals surface area contributed by atoms with E-state index >= 15 is 0 Å². The molecular weight excluding hydrogens is 252 g/mol. The van der Waals surface area contributed by atoms with Crippen LogP contribution in [0.4, 0.5) is 0 Å². The van der Waals surface area contributed by atoms with Gasteiger partial charge in [-0.15, -0.1) is 0 Å². The molecule has 0 saturated heterocycles. The summed E-state index contributed by atoms with van der Waals surface area (Å²) in [6, 6.07) is 4.11. The molecule has 0 spiro atoms. The predicted molar refractivity (Wildman–Crippen MR) is 83.5 cm³/mol. The van der Waals surface area contributed by atoms with E-state index in [4.69, 9.17) is 9.47 Å². The molecule has 0 saturated carbocycles. The summed E-state index contributed by atoms with van der Waals surface area (Å²) in [6.45, 7) is 3.92. The Morgan fingerprint density at radius 3 is 2.20 bits per heavy atom. The van der Waals surface area contributed by atoms with Gasteiger partial charge in [-0.2, -0.15) is 0 Å². The average molecular weight is 278 g/mol. The Balaban J connectivity index is 3.04. The lowest BCUT2D eigenvalue weighted by atomic mass is 10.0. The fraction of sp³-hybridized carbons (Fsp3) is 0.529. The van der Waals surface area contributed by atoms with Crippen molar-refractivity contribution >= 4 is 6.08 Å². The first kappa shape index (κ1) is 16.6. The van der Waals surface area contributed by atoms with E-state index < -0.39 is 6.10 Å². The first-order valence-electron chi connectivity index (χ1n) is 7.23. The molecule has 1 aromatic carbocycles. The quantitative estimate of drug-likeness (QED) is 0.734. The Bertz CT molecular complexity index is 411. The number of unbranched alkanes of at least 4 members (excludes halogenated alkanes) is 2. The molecule has 1 N–H and O–H groups in total. The third-order valence-corrected chi connectivity index (χ3v) is 3.21. The van der Waals surface area contributed by atoms with Crippen LogP contribution >= 0.6 is 0 Å². The number of benzene rings is 1. The highest BCUT2D eigenvalue weighted by Gasteiger charge is 2.10. The summed E-state index contributed by atoms with van der Waals surface area (Å²) in [7, 11) is 3.31. The van der Waals surface area contributed by atoms with Gasteiger partial charge in [0, 0.05) is 0 Å². The fourth-order valence-corrected chi connectivity index (χ4v) is 2.12. The molecule has 112 valence electrons. The Hall–Kier alpha value is -1.48. The molecule has 0 unspecified atom stereocenters. The summed E-state index contributed by atoms with van der Waals surface area (Å²) in [5.41, 5.74) is 2.09. The van der Waals surface area contributed by atoms with Crippen LogP contribution in [0.3, 0.4) is 0 Å². The van der Waals surface area contributed by atoms with Gasteiger partial charge in [0.1, 0.15) is 11.5 Å². The molecular formula is C17H26O3. The van der Waals surface area contributed by atoms with Gasteiger partial charge >= 0.3 is 0 Å². The van der Waals surface area contributed by atoms with Crippen LogP contribution in [-0.4, -0.2) is 25.4 Å². The third kappa shape index (κ3) is 4.89. The van der Waals surface area contributed by atoms with Crippen LogP contribution in [0.1, 0.15) is 44.2 Å². The lowest BCUT2D eigenvalue weighted by molar-refractivity contribution is 0.245. The summed E-state index contributed by atoms with van der Waals surface area (Å²) in [5.74, 6) is 1.57. The minimum atomic E-state index is -0.492. The SMILES string of the molecule is CCCCCc1cc(OC)c(/C=C/[C@H](C)O)c(OC)c1. The van der Waals surface area contributed by atoms with Crippen LogP contribution < -0.4 is 9.47 Å². The first-order valence-corrected chi connectivity index (χ1v) is 7.23. The molecule has 1 atom stereocenters. The maximum Gasteiger partial charge on any atom is 0.130 e. The number of methoxy groups -OCH3 is 2. The van der Waals surface area contributed by atoms with Crippen molar-refractivity contribution < 1.29 is 14.6 Å². The van der Waals surface area contributed by atoms with Gasteiger partial charge in [0.05, 0.1) is 25.9 Å². The van der Waals surface area contributed by atoms with Crippen molar-refractivity contribution in [1.82, 2.24) is 0 Å². The summed E-state index contributed by atoms with van der Waals surface area (Å²) in [6.07, 6.45) is 7.72. The zero-order valence-corrected chi connectivity index (χ0v) is 13.0. The second-order valence-electron chi connectivity index (χ2n) is 4.97. The van der Waals surface area contributed by atoms with Crippen molar-refractivity contribution in [3.8, 4) is 11.5 Å². The monoisotopic (exact) mass is 278 g/mol. The van der Waals surface area contributed by atoms with Crippen LogP contribution in [0.5, 0.6) is 11.5 Å². The Morgan fingerprint density at radius 1 is 1.15 bits per heavy atom. The number of rotatable bonds is 8. The van der Waals surface area contributed by atoms with Gasteiger partial charge in [-0.1, -0.05) is 25.8 Å². The maximum atomic E-state index is 9.37. The zero-order valence-electron chi connectivity index (χ0n) is 13.0. The van der Waals surface area contributed by atoms with E-state index in [0.29, 0.717) is 0 Å². The Labute approximate surface area is 122 Å². The topological polar surface area (TPSA) is 38.7 Å². The smallest absolute Gasteiger partial charge is 0.130 e. The van der Waals surface area contributed by atoms with E-state index in [0.717, 1.165) is 23.5 Å². The van der Waals surface area contributed by atoms with E-state index in [1.807, 2.05) is 6.08 Å². The fourth-order valence-electron chi connectivity index (χ4n) is 2.12. The predicted octanol–water partition coefficient (Wildman–Crippen LogP) is 3.83. The van der Waals surface area contributed by atoms with Crippen LogP contribution in [0.2, 0.25) is 0 Å². The third-order valence-electron chi connectivity index (χ3n) is 3.21. The number of aliphatic hydroxyl groups excluding tert-OH is 1. The minimum absolute atomic E-state index is 0.492. The zero-order chi connectivity index (χ0) is 15.0. The molecule has 0 aliphatic heterocycles. The highest BCUT2D eigenvalue weighted by atomic mass is 16.5. The molecule has 20 heavy (non-hydrogen) atoms. The van der Waals surface area contributed by atoms with E-state index in [-0.39, 0.29) is 0 Å².